The SMILES string of the molecule is CC(=O)c1c(Cc2ccccc2)sc(C#N)c1C. The van der Waals surface area contributed by atoms with E-state index in [0.29, 0.717) is 11.3 Å². The summed E-state index contributed by atoms with van der Waals surface area (Å²) in [5.41, 5.74) is 2.70. The molecule has 0 N–H and O–H groups in total. The van der Waals surface area contributed by atoms with Crippen molar-refractivity contribution in [2.75, 3.05) is 0 Å². The number of rotatable bonds is 3. The molecule has 0 aliphatic rings. The van der Waals surface area contributed by atoms with Crippen LogP contribution in [-0.2, 0) is 6.42 Å². The standard InChI is InChI=1S/C15H13NOS/c1-10-14(9-16)18-13(15(10)11(2)17)8-12-6-4-3-5-7-12/h3-7H,8H2,1-2H3. The quantitative estimate of drug-likeness (QED) is 0.784. The van der Waals surface area contributed by atoms with Gasteiger partial charge in [-0.15, -0.1) is 11.3 Å². The fourth-order valence-electron chi connectivity index (χ4n) is 2.05. The molecule has 0 saturated carbocycles. The number of ketones is 1. The van der Waals surface area contributed by atoms with E-state index in [9.17, 15) is 4.79 Å². The smallest absolute Gasteiger partial charge is 0.161 e. The van der Waals surface area contributed by atoms with Crippen molar-refractivity contribution in [3.63, 3.8) is 0 Å². The Kier molecular flexibility index (Phi) is 3.59. The van der Waals surface area contributed by atoms with E-state index in [2.05, 4.69) is 6.07 Å². The number of nitrogens with zero attached hydrogens (tertiary/aromatic N) is 1. The van der Waals surface area contributed by atoms with Crippen LogP contribution in [0.3, 0.4) is 0 Å². The number of carbonyl (C=O) groups excluding carboxylic acids is 1. The highest BCUT2D eigenvalue weighted by atomic mass is 32.1. The fraction of sp³-hybridized carbons (Fsp3) is 0.200. The molecule has 0 amide bonds. The fourth-order valence-corrected chi connectivity index (χ4v) is 3.23. The van der Waals surface area contributed by atoms with Gasteiger partial charge in [0, 0.05) is 16.9 Å². The van der Waals surface area contributed by atoms with Crippen LogP contribution in [-0.4, -0.2) is 5.78 Å². The van der Waals surface area contributed by atoms with Crippen LogP contribution in [0.1, 0.15) is 38.2 Å². The molecule has 1 aromatic heterocycles. The van der Waals surface area contributed by atoms with Gasteiger partial charge in [0.25, 0.3) is 0 Å². The van der Waals surface area contributed by atoms with E-state index >= 15 is 0 Å². The second kappa shape index (κ2) is 5.16. The third-order valence-electron chi connectivity index (χ3n) is 2.88. The number of hydrogen-bond donors (Lipinski definition) is 0. The van der Waals surface area contributed by atoms with Crippen LogP contribution in [0, 0.1) is 18.3 Å². The zero-order valence-electron chi connectivity index (χ0n) is 10.4. The van der Waals surface area contributed by atoms with Crippen molar-refractivity contribution in [1.82, 2.24) is 0 Å². The van der Waals surface area contributed by atoms with Crippen molar-refractivity contribution in [2.24, 2.45) is 0 Å². The lowest BCUT2D eigenvalue weighted by Gasteiger charge is -2.02. The van der Waals surface area contributed by atoms with Crippen molar-refractivity contribution >= 4 is 17.1 Å². The molecule has 18 heavy (non-hydrogen) atoms. The minimum Gasteiger partial charge on any atom is -0.294 e. The Balaban J connectivity index is 2.45. The minimum atomic E-state index is 0.0381. The maximum absolute atomic E-state index is 11.7. The number of Topliss-reactive ketones (excluding diaryl/α,β-unsaturated/α-hetero) is 1. The topological polar surface area (TPSA) is 40.9 Å². The van der Waals surface area contributed by atoms with Crippen LogP contribution in [0.4, 0.5) is 0 Å². The monoisotopic (exact) mass is 255 g/mol. The molecule has 0 bridgehead atoms. The van der Waals surface area contributed by atoms with Crippen LogP contribution >= 0.6 is 11.3 Å². The zero-order valence-corrected chi connectivity index (χ0v) is 11.2. The maximum atomic E-state index is 11.7. The minimum absolute atomic E-state index is 0.0381. The van der Waals surface area contributed by atoms with E-state index in [1.54, 1.807) is 6.92 Å². The van der Waals surface area contributed by atoms with E-state index in [1.165, 1.54) is 11.3 Å². The van der Waals surface area contributed by atoms with E-state index in [-0.39, 0.29) is 5.78 Å². The summed E-state index contributed by atoms with van der Waals surface area (Å²) in [6.45, 7) is 3.41. The summed E-state index contributed by atoms with van der Waals surface area (Å²) >= 11 is 1.43. The lowest BCUT2D eigenvalue weighted by molar-refractivity contribution is 0.101. The molecule has 0 saturated heterocycles. The Morgan fingerprint density at radius 1 is 1.33 bits per heavy atom. The van der Waals surface area contributed by atoms with Crippen LogP contribution in [0.25, 0.3) is 0 Å². The summed E-state index contributed by atoms with van der Waals surface area (Å²) in [5, 5.41) is 9.05. The first-order valence-electron chi connectivity index (χ1n) is 5.70. The molecule has 0 unspecified atom stereocenters. The van der Waals surface area contributed by atoms with Crippen LogP contribution in [0.15, 0.2) is 30.3 Å². The Hall–Kier alpha value is -1.92. The van der Waals surface area contributed by atoms with Gasteiger partial charge in [0.15, 0.2) is 5.78 Å². The Bertz CT molecular complexity index is 620. The van der Waals surface area contributed by atoms with E-state index in [1.807, 2.05) is 37.3 Å². The third-order valence-corrected chi connectivity index (χ3v) is 4.08. The van der Waals surface area contributed by atoms with Gasteiger partial charge in [0.1, 0.15) is 10.9 Å². The average molecular weight is 255 g/mol. The largest absolute Gasteiger partial charge is 0.294 e. The predicted molar refractivity (Wildman–Crippen MR) is 73.0 cm³/mol. The molecule has 90 valence electrons. The van der Waals surface area contributed by atoms with Crippen molar-refractivity contribution in [1.29, 1.82) is 5.26 Å². The van der Waals surface area contributed by atoms with Crippen LogP contribution in [0.2, 0.25) is 0 Å². The normalized spacial score (nSPS) is 10.1. The first kappa shape index (κ1) is 12.5. The van der Waals surface area contributed by atoms with Gasteiger partial charge in [-0.05, 0) is 25.0 Å². The van der Waals surface area contributed by atoms with Crippen molar-refractivity contribution < 1.29 is 4.79 Å². The summed E-state index contributed by atoms with van der Waals surface area (Å²) in [6.07, 6.45) is 0.711. The highest BCUT2D eigenvalue weighted by Gasteiger charge is 2.18. The lowest BCUT2D eigenvalue weighted by Crippen LogP contribution is -1.98. The number of nitriles is 1. The molecule has 3 heteroatoms. The number of benzene rings is 1. The number of thiophene rings is 1. The molecule has 2 aromatic rings. The van der Waals surface area contributed by atoms with Gasteiger partial charge in [-0.1, -0.05) is 30.3 Å². The summed E-state index contributed by atoms with van der Waals surface area (Å²) in [5.74, 6) is 0.0381. The van der Waals surface area contributed by atoms with Gasteiger partial charge in [-0.2, -0.15) is 5.26 Å². The molecule has 0 aliphatic carbocycles. The highest BCUT2D eigenvalue weighted by molar-refractivity contribution is 7.13. The van der Waals surface area contributed by atoms with Crippen molar-refractivity contribution in [3.05, 3.63) is 56.8 Å². The first-order valence-corrected chi connectivity index (χ1v) is 6.52. The molecular formula is C15H13NOS. The molecule has 0 fully saturated rings. The molecule has 2 nitrogen and oxygen atoms in total. The first-order chi connectivity index (χ1) is 8.63. The molecule has 1 heterocycles. The second-order valence-corrected chi connectivity index (χ2v) is 5.29. The molecule has 0 spiro atoms. The molecule has 0 radical (unpaired) electrons. The molecule has 2 rings (SSSR count). The molecular weight excluding hydrogens is 242 g/mol. The highest BCUT2D eigenvalue weighted by Crippen LogP contribution is 2.29. The summed E-state index contributed by atoms with van der Waals surface area (Å²) in [6, 6.07) is 12.2. The second-order valence-electron chi connectivity index (χ2n) is 4.18. The lowest BCUT2D eigenvalue weighted by atomic mass is 10.0. The van der Waals surface area contributed by atoms with Gasteiger partial charge < -0.3 is 0 Å². The van der Waals surface area contributed by atoms with Crippen molar-refractivity contribution in [2.45, 2.75) is 20.3 Å². The van der Waals surface area contributed by atoms with Gasteiger partial charge in [0.2, 0.25) is 0 Å². The van der Waals surface area contributed by atoms with E-state index < -0.39 is 0 Å². The predicted octanol–water partition coefficient (Wildman–Crippen LogP) is 3.72. The average Bonchev–Trinajstić information content (AvgIpc) is 2.66. The van der Waals surface area contributed by atoms with E-state index in [4.69, 9.17) is 5.26 Å². The van der Waals surface area contributed by atoms with Crippen molar-refractivity contribution in [3.8, 4) is 6.07 Å². The number of carbonyl (C=O) groups is 1. The Labute approximate surface area is 111 Å². The van der Waals surface area contributed by atoms with Gasteiger partial charge in [-0.25, -0.2) is 0 Å². The van der Waals surface area contributed by atoms with E-state index in [0.717, 1.165) is 21.6 Å². The summed E-state index contributed by atoms with van der Waals surface area (Å²) in [4.78, 5) is 13.3. The van der Waals surface area contributed by atoms with Gasteiger partial charge in [0.05, 0.1) is 0 Å². The maximum Gasteiger partial charge on any atom is 0.161 e. The molecule has 0 atom stereocenters. The van der Waals surface area contributed by atoms with Crippen LogP contribution < -0.4 is 0 Å². The Morgan fingerprint density at radius 3 is 2.56 bits per heavy atom. The van der Waals surface area contributed by atoms with Crippen LogP contribution in [0.5, 0.6) is 0 Å². The molecule has 1 aromatic carbocycles. The third kappa shape index (κ3) is 2.34. The Morgan fingerprint density at radius 2 is 2.00 bits per heavy atom. The molecule has 0 aliphatic heterocycles. The summed E-state index contributed by atoms with van der Waals surface area (Å²) in [7, 11) is 0. The van der Waals surface area contributed by atoms with Gasteiger partial charge >= 0.3 is 0 Å². The van der Waals surface area contributed by atoms with Gasteiger partial charge in [-0.3, -0.25) is 4.79 Å². The summed E-state index contributed by atoms with van der Waals surface area (Å²) < 4.78 is 0. The zero-order chi connectivity index (χ0) is 13.1. The number of hydrogen-bond acceptors (Lipinski definition) is 3.